The predicted octanol–water partition coefficient (Wildman–Crippen LogP) is 4.99. The van der Waals surface area contributed by atoms with Gasteiger partial charge in [-0.25, -0.2) is 0 Å². The highest BCUT2D eigenvalue weighted by Gasteiger charge is 2.32. The van der Waals surface area contributed by atoms with Crippen LogP contribution in [0.5, 0.6) is 0 Å². The molecule has 0 radical (unpaired) electrons. The molecule has 3 aromatic carbocycles. The van der Waals surface area contributed by atoms with Gasteiger partial charge < -0.3 is 5.73 Å². The van der Waals surface area contributed by atoms with E-state index in [1.165, 1.54) is 4.90 Å². The summed E-state index contributed by atoms with van der Waals surface area (Å²) in [7, 11) is 0. The van der Waals surface area contributed by atoms with E-state index in [1.54, 1.807) is 0 Å². The second-order valence-electron chi connectivity index (χ2n) is 7.05. The zero-order valence-electron chi connectivity index (χ0n) is 15.8. The number of hydrogen-bond donors (Lipinski definition) is 1. The minimum Gasteiger partial charge on any atom is -0.399 e. The van der Waals surface area contributed by atoms with Gasteiger partial charge >= 0.3 is 0 Å². The predicted molar refractivity (Wildman–Crippen MR) is 114 cm³/mol. The molecule has 140 valence electrons. The van der Waals surface area contributed by atoms with Gasteiger partial charge in [0.15, 0.2) is 0 Å². The standard InChI is InChI=1S/C24H22N2O2/c1-2-3-15-26-23(27)20-6-4-5-19-17(11-14-21(22(19)20)24(26)28)10-7-16-8-12-18(25)13-9-16/h4-14H,2-3,15,25H2,1H3. The molecule has 0 unspecified atom stereocenters. The normalized spacial score (nSPS) is 13.7. The largest absolute Gasteiger partial charge is 0.399 e. The third-order valence-electron chi connectivity index (χ3n) is 5.15. The summed E-state index contributed by atoms with van der Waals surface area (Å²) in [4.78, 5) is 27.2. The zero-order chi connectivity index (χ0) is 19.7. The second-order valence-corrected chi connectivity index (χ2v) is 7.05. The van der Waals surface area contributed by atoms with Crippen molar-refractivity contribution in [2.24, 2.45) is 0 Å². The fourth-order valence-electron chi connectivity index (χ4n) is 3.63. The molecule has 1 aliphatic rings. The SMILES string of the molecule is CCCCN1C(=O)c2cccc3c(C=Cc4ccc(N)cc4)ccc(c23)C1=O. The van der Waals surface area contributed by atoms with E-state index in [4.69, 9.17) is 5.73 Å². The molecule has 3 aromatic rings. The first kappa shape index (κ1) is 18.0. The second kappa shape index (κ2) is 7.31. The fraction of sp³-hybridized carbons (Fsp3) is 0.167. The zero-order valence-corrected chi connectivity index (χ0v) is 15.8. The molecule has 4 rings (SSSR count). The lowest BCUT2D eigenvalue weighted by molar-refractivity contribution is 0.0608. The molecule has 4 heteroatoms. The highest BCUT2D eigenvalue weighted by molar-refractivity contribution is 6.26. The summed E-state index contributed by atoms with van der Waals surface area (Å²) in [5.41, 5.74) is 9.68. The molecule has 2 N–H and O–H groups in total. The molecule has 0 aliphatic carbocycles. The number of rotatable bonds is 5. The van der Waals surface area contributed by atoms with E-state index < -0.39 is 0 Å². The van der Waals surface area contributed by atoms with Crippen molar-refractivity contribution in [1.82, 2.24) is 4.90 Å². The van der Waals surface area contributed by atoms with E-state index in [9.17, 15) is 9.59 Å². The number of amides is 2. The highest BCUT2D eigenvalue weighted by Crippen LogP contribution is 2.33. The molecule has 28 heavy (non-hydrogen) atoms. The number of anilines is 1. The molecule has 1 heterocycles. The topological polar surface area (TPSA) is 63.4 Å². The van der Waals surface area contributed by atoms with Gasteiger partial charge in [0.05, 0.1) is 0 Å². The Balaban J connectivity index is 1.79. The molecular weight excluding hydrogens is 348 g/mol. The van der Waals surface area contributed by atoms with Gasteiger partial charge in [0.25, 0.3) is 11.8 Å². The summed E-state index contributed by atoms with van der Waals surface area (Å²) < 4.78 is 0. The van der Waals surface area contributed by atoms with Crippen molar-refractivity contribution in [3.63, 3.8) is 0 Å². The third-order valence-corrected chi connectivity index (χ3v) is 5.15. The Kier molecular flexibility index (Phi) is 4.70. The summed E-state index contributed by atoms with van der Waals surface area (Å²) >= 11 is 0. The van der Waals surface area contributed by atoms with Crippen molar-refractivity contribution in [3.05, 3.63) is 76.9 Å². The Morgan fingerprint density at radius 3 is 2.32 bits per heavy atom. The Morgan fingerprint density at radius 2 is 1.61 bits per heavy atom. The first-order valence-electron chi connectivity index (χ1n) is 9.55. The van der Waals surface area contributed by atoms with Crippen molar-refractivity contribution in [2.45, 2.75) is 19.8 Å². The maximum absolute atomic E-state index is 12.9. The lowest BCUT2D eigenvalue weighted by Crippen LogP contribution is -2.40. The maximum Gasteiger partial charge on any atom is 0.261 e. The maximum atomic E-state index is 12.9. The molecule has 0 aromatic heterocycles. The molecule has 4 nitrogen and oxygen atoms in total. The van der Waals surface area contributed by atoms with Gasteiger partial charge in [-0.15, -0.1) is 0 Å². The van der Waals surface area contributed by atoms with Crippen LogP contribution in [0.25, 0.3) is 22.9 Å². The summed E-state index contributed by atoms with van der Waals surface area (Å²) in [5.74, 6) is -0.396. The molecule has 0 spiro atoms. The lowest BCUT2D eigenvalue weighted by Gasteiger charge is -2.27. The summed E-state index contributed by atoms with van der Waals surface area (Å²) in [6.07, 6.45) is 5.75. The van der Waals surface area contributed by atoms with Crippen molar-refractivity contribution >= 4 is 40.4 Å². The quantitative estimate of drug-likeness (QED) is 0.391. The summed E-state index contributed by atoms with van der Waals surface area (Å²) in [6, 6.07) is 17.1. The number of nitrogens with zero attached hydrogens (tertiary/aromatic N) is 1. The Hall–Kier alpha value is -3.40. The first-order valence-corrected chi connectivity index (χ1v) is 9.55. The molecule has 0 atom stereocenters. The van der Waals surface area contributed by atoms with Gasteiger partial charge in [-0.1, -0.05) is 55.8 Å². The third kappa shape index (κ3) is 3.07. The molecule has 0 fully saturated rings. The number of benzene rings is 3. The Labute approximate surface area is 164 Å². The highest BCUT2D eigenvalue weighted by atomic mass is 16.2. The van der Waals surface area contributed by atoms with Gasteiger partial charge in [0.1, 0.15) is 0 Å². The number of imide groups is 1. The Morgan fingerprint density at radius 1 is 0.893 bits per heavy atom. The number of hydrogen-bond acceptors (Lipinski definition) is 3. The van der Waals surface area contributed by atoms with E-state index in [2.05, 4.69) is 0 Å². The van der Waals surface area contributed by atoms with Crippen LogP contribution in [0.1, 0.15) is 51.6 Å². The van der Waals surface area contributed by atoms with Gasteiger partial charge in [-0.3, -0.25) is 14.5 Å². The van der Waals surface area contributed by atoms with E-state index in [-0.39, 0.29) is 11.8 Å². The number of carbonyl (C=O) groups is 2. The van der Waals surface area contributed by atoms with Crippen LogP contribution in [0, 0.1) is 0 Å². The van der Waals surface area contributed by atoms with Gasteiger partial charge in [0.2, 0.25) is 0 Å². The number of carbonyl (C=O) groups excluding carboxylic acids is 2. The first-order chi connectivity index (χ1) is 13.6. The van der Waals surface area contributed by atoms with Crippen LogP contribution in [0.4, 0.5) is 5.69 Å². The van der Waals surface area contributed by atoms with Crippen LogP contribution in [-0.2, 0) is 0 Å². The van der Waals surface area contributed by atoms with Crippen LogP contribution >= 0.6 is 0 Å². The molecule has 0 saturated heterocycles. The molecule has 0 bridgehead atoms. The molecule has 2 amide bonds. The minimum atomic E-state index is -0.198. The van der Waals surface area contributed by atoms with E-state index in [0.717, 1.165) is 40.4 Å². The monoisotopic (exact) mass is 370 g/mol. The summed E-state index contributed by atoms with van der Waals surface area (Å²) in [5, 5.41) is 1.67. The molecular formula is C24H22N2O2. The molecule has 0 saturated carbocycles. The van der Waals surface area contributed by atoms with Crippen LogP contribution in [0.2, 0.25) is 0 Å². The van der Waals surface area contributed by atoms with E-state index in [0.29, 0.717) is 17.7 Å². The van der Waals surface area contributed by atoms with Crippen molar-refractivity contribution in [2.75, 3.05) is 12.3 Å². The van der Waals surface area contributed by atoms with Gasteiger partial charge in [-0.2, -0.15) is 0 Å². The Bertz CT molecular complexity index is 1080. The van der Waals surface area contributed by atoms with Crippen molar-refractivity contribution < 1.29 is 9.59 Å². The van der Waals surface area contributed by atoms with Crippen molar-refractivity contribution in [3.8, 4) is 0 Å². The lowest BCUT2D eigenvalue weighted by atomic mass is 9.91. The fourth-order valence-corrected chi connectivity index (χ4v) is 3.63. The van der Waals surface area contributed by atoms with Crippen molar-refractivity contribution in [1.29, 1.82) is 0 Å². The minimum absolute atomic E-state index is 0.198. The smallest absolute Gasteiger partial charge is 0.261 e. The number of nitrogens with two attached hydrogens (primary N) is 1. The van der Waals surface area contributed by atoms with E-state index in [1.807, 2.05) is 73.7 Å². The summed E-state index contributed by atoms with van der Waals surface area (Å²) in [6.45, 7) is 2.51. The van der Waals surface area contributed by atoms with Gasteiger partial charge in [-0.05, 0) is 47.2 Å². The number of nitrogen functional groups attached to an aromatic ring is 1. The molecule has 1 aliphatic heterocycles. The average Bonchev–Trinajstić information content (AvgIpc) is 2.71. The van der Waals surface area contributed by atoms with Gasteiger partial charge in [0, 0.05) is 28.7 Å². The number of unbranched alkanes of at least 4 members (excludes halogenated alkanes) is 1. The van der Waals surface area contributed by atoms with Crippen LogP contribution in [0.3, 0.4) is 0 Å². The van der Waals surface area contributed by atoms with Crippen LogP contribution in [0.15, 0.2) is 54.6 Å². The van der Waals surface area contributed by atoms with Crippen LogP contribution < -0.4 is 5.73 Å². The van der Waals surface area contributed by atoms with E-state index >= 15 is 0 Å². The average molecular weight is 370 g/mol. The van der Waals surface area contributed by atoms with Crippen LogP contribution in [-0.4, -0.2) is 23.3 Å².